The van der Waals surface area contributed by atoms with Gasteiger partial charge in [0.15, 0.2) is 0 Å². The Labute approximate surface area is 123 Å². The summed E-state index contributed by atoms with van der Waals surface area (Å²) >= 11 is 0. The fourth-order valence-corrected chi connectivity index (χ4v) is 3.35. The van der Waals surface area contributed by atoms with Crippen LogP contribution in [0.4, 0.5) is 4.79 Å². The van der Waals surface area contributed by atoms with Crippen LogP contribution >= 0.6 is 0 Å². The maximum Gasteiger partial charge on any atom is 0.410 e. The third kappa shape index (κ3) is 3.45. The molecule has 0 aliphatic carbocycles. The molecule has 21 heavy (non-hydrogen) atoms. The summed E-state index contributed by atoms with van der Waals surface area (Å²) in [6, 6.07) is 4.91. The standard InChI is InChI=1S/C13H18N2O5S/c1-9-4-5-11(19-3)12(6-9)21(17,18)14-7-10-8-15(2)13(16)20-10/h4-6,10,14H,7-8H2,1-3H3. The molecule has 2 rings (SSSR count). The first-order valence-corrected chi connectivity index (χ1v) is 7.88. The number of hydrogen-bond donors (Lipinski definition) is 1. The Balaban J connectivity index is 2.12. The van der Waals surface area contributed by atoms with Crippen LogP contribution < -0.4 is 9.46 Å². The fourth-order valence-electron chi connectivity index (χ4n) is 2.03. The van der Waals surface area contributed by atoms with Crippen molar-refractivity contribution >= 4 is 16.1 Å². The summed E-state index contributed by atoms with van der Waals surface area (Å²) in [5.41, 5.74) is 0.809. The van der Waals surface area contributed by atoms with Gasteiger partial charge in [-0.2, -0.15) is 0 Å². The Morgan fingerprint density at radius 1 is 1.48 bits per heavy atom. The Bertz CT molecular complexity index is 644. The van der Waals surface area contributed by atoms with Crippen LogP contribution in [0.5, 0.6) is 5.75 Å². The number of benzene rings is 1. The van der Waals surface area contributed by atoms with Crippen molar-refractivity contribution in [3.05, 3.63) is 23.8 Å². The molecule has 1 fully saturated rings. The number of nitrogens with zero attached hydrogens (tertiary/aromatic N) is 1. The molecule has 1 N–H and O–H groups in total. The van der Waals surface area contributed by atoms with E-state index in [0.717, 1.165) is 5.56 Å². The minimum absolute atomic E-state index is 0.0233. The van der Waals surface area contributed by atoms with Gasteiger partial charge < -0.3 is 14.4 Å². The van der Waals surface area contributed by atoms with Crippen molar-refractivity contribution in [2.45, 2.75) is 17.9 Å². The quantitative estimate of drug-likeness (QED) is 0.866. The number of ether oxygens (including phenoxy) is 2. The maximum absolute atomic E-state index is 12.3. The van der Waals surface area contributed by atoms with Crippen LogP contribution in [-0.4, -0.2) is 52.8 Å². The lowest BCUT2D eigenvalue weighted by Crippen LogP contribution is -2.34. The Hall–Kier alpha value is -1.80. The van der Waals surface area contributed by atoms with E-state index in [1.807, 2.05) is 0 Å². The predicted molar refractivity (Wildman–Crippen MR) is 75.8 cm³/mol. The molecular formula is C13H18N2O5S. The van der Waals surface area contributed by atoms with E-state index in [0.29, 0.717) is 6.54 Å². The molecule has 1 aliphatic heterocycles. The fraction of sp³-hybridized carbons (Fsp3) is 0.462. The zero-order chi connectivity index (χ0) is 15.6. The number of methoxy groups -OCH3 is 1. The Kier molecular flexibility index (Phi) is 4.38. The summed E-state index contributed by atoms with van der Waals surface area (Å²) in [7, 11) is -0.721. The van der Waals surface area contributed by atoms with Gasteiger partial charge in [-0.05, 0) is 24.6 Å². The van der Waals surface area contributed by atoms with Gasteiger partial charge in [0.1, 0.15) is 16.7 Å². The molecule has 1 aliphatic rings. The van der Waals surface area contributed by atoms with E-state index in [1.54, 1.807) is 26.1 Å². The van der Waals surface area contributed by atoms with Crippen LogP contribution in [0.1, 0.15) is 5.56 Å². The number of likely N-dealkylation sites (N-methyl/N-ethyl adjacent to an activating group) is 1. The highest BCUT2D eigenvalue weighted by Crippen LogP contribution is 2.24. The first kappa shape index (κ1) is 15.6. The van der Waals surface area contributed by atoms with Crippen LogP contribution in [0.25, 0.3) is 0 Å². The van der Waals surface area contributed by atoms with Crippen molar-refractivity contribution < 1.29 is 22.7 Å². The first-order valence-electron chi connectivity index (χ1n) is 6.39. The molecule has 1 unspecified atom stereocenters. The van der Waals surface area contributed by atoms with Crippen molar-refractivity contribution in [2.24, 2.45) is 0 Å². The van der Waals surface area contributed by atoms with Crippen molar-refractivity contribution in [1.82, 2.24) is 9.62 Å². The van der Waals surface area contributed by atoms with Gasteiger partial charge in [0, 0.05) is 13.6 Å². The van der Waals surface area contributed by atoms with E-state index in [2.05, 4.69) is 4.72 Å². The second-order valence-corrected chi connectivity index (χ2v) is 6.63. The summed E-state index contributed by atoms with van der Waals surface area (Å²) in [6.07, 6.45) is -0.944. The van der Waals surface area contributed by atoms with Crippen LogP contribution in [0, 0.1) is 6.92 Å². The smallest absolute Gasteiger partial charge is 0.410 e. The van der Waals surface area contributed by atoms with Crippen molar-refractivity contribution in [2.75, 3.05) is 27.2 Å². The van der Waals surface area contributed by atoms with E-state index in [9.17, 15) is 13.2 Å². The van der Waals surface area contributed by atoms with Crippen molar-refractivity contribution in [3.63, 3.8) is 0 Å². The topological polar surface area (TPSA) is 84.9 Å². The Morgan fingerprint density at radius 2 is 2.19 bits per heavy atom. The molecule has 116 valence electrons. The molecule has 1 atom stereocenters. The average molecular weight is 314 g/mol. The largest absolute Gasteiger partial charge is 0.495 e. The van der Waals surface area contributed by atoms with E-state index in [1.165, 1.54) is 18.1 Å². The number of carbonyl (C=O) groups excluding carboxylic acids is 1. The van der Waals surface area contributed by atoms with Gasteiger partial charge in [-0.1, -0.05) is 6.07 Å². The molecule has 7 nitrogen and oxygen atoms in total. The minimum Gasteiger partial charge on any atom is -0.495 e. The molecule has 1 aromatic carbocycles. The van der Waals surface area contributed by atoms with E-state index in [-0.39, 0.29) is 17.2 Å². The number of sulfonamides is 1. The number of rotatable bonds is 5. The van der Waals surface area contributed by atoms with Crippen LogP contribution in [-0.2, 0) is 14.8 Å². The van der Waals surface area contributed by atoms with Gasteiger partial charge in [-0.3, -0.25) is 0 Å². The molecule has 1 heterocycles. The summed E-state index contributed by atoms with van der Waals surface area (Å²) in [4.78, 5) is 12.7. The van der Waals surface area contributed by atoms with Gasteiger partial charge in [0.2, 0.25) is 10.0 Å². The zero-order valence-corrected chi connectivity index (χ0v) is 12.9. The zero-order valence-electron chi connectivity index (χ0n) is 12.1. The maximum atomic E-state index is 12.3. The van der Waals surface area contributed by atoms with Gasteiger partial charge >= 0.3 is 6.09 Å². The highest BCUT2D eigenvalue weighted by molar-refractivity contribution is 7.89. The molecule has 0 aromatic heterocycles. The molecule has 1 saturated heterocycles. The molecule has 0 radical (unpaired) electrons. The SMILES string of the molecule is COc1ccc(C)cc1S(=O)(=O)NCC1CN(C)C(=O)O1. The first-order chi connectivity index (χ1) is 9.83. The van der Waals surface area contributed by atoms with Gasteiger partial charge in [0.25, 0.3) is 0 Å². The summed E-state index contributed by atoms with van der Waals surface area (Å²) in [6.45, 7) is 2.17. The molecule has 0 saturated carbocycles. The highest BCUT2D eigenvalue weighted by atomic mass is 32.2. The third-order valence-electron chi connectivity index (χ3n) is 3.17. The van der Waals surface area contributed by atoms with E-state index < -0.39 is 22.2 Å². The monoisotopic (exact) mass is 314 g/mol. The number of carbonyl (C=O) groups is 1. The van der Waals surface area contributed by atoms with Crippen molar-refractivity contribution in [1.29, 1.82) is 0 Å². The lowest BCUT2D eigenvalue weighted by atomic mass is 10.2. The highest BCUT2D eigenvalue weighted by Gasteiger charge is 2.30. The summed E-state index contributed by atoms with van der Waals surface area (Å²) < 4.78 is 37.2. The van der Waals surface area contributed by atoms with Crippen LogP contribution in [0.15, 0.2) is 23.1 Å². The van der Waals surface area contributed by atoms with Gasteiger partial charge in [0.05, 0.1) is 13.7 Å². The molecule has 1 aromatic rings. The predicted octanol–water partition coefficient (Wildman–Crippen LogP) is 0.733. The number of aryl methyl sites for hydroxylation is 1. The van der Waals surface area contributed by atoms with Crippen LogP contribution in [0.2, 0.25) is 0 Å². The lowest BCUT2D eigenvalue weighted by Gasteiger charge is -2.13. The Morgan fingerprint density at radius 3 is 2.76 bits per heavy atom. The second kappa shape index (κ2) is 5.90. The van der Waals surface area contributed by atoms with Gasteiger partial charge in [-0.25, -0.2) is 17.9 Å². The molecule has 8 heteroatoms. The normalized spacial score (nSPS) is 18.7. The third-order valence-corrected chi connectivity index (χ3v) is 4.61. The summed E-state index contributed by atoms with van der Waals surface area (Å²) in [5.74, 6) is 0.272. The average Bonchev–Trinajstić information content (AvgIpc) is 2.76. The number of amides is 1. The number of hydrogen-bond acceptors (Lipinski definition) is 5. The second-order valence-electron chi connectivity index (χ2n) is 4.89. The lowest BCUT2D eigenvalue weighted by molar-refractivity contribution is 0.135. The van der Waals surface area contributed by atoms with Crippen LogP contribution in [0.3, 0.4) is 0 Å². The van der Waals surface area contributed by atoms with E-state index >= 15 is 0 Å². The number of cyclic esters (lactones) is 1. The van der Waals surface area contributed by atoms with E-state index in [4.69, 9.17) is 9.47 Å². The molecular weight excluding hydrogens is 296 g/mol. The van der Waals surface area contributed by atoms with Crippen molar-refractivity contribution in [3.8, 4) is 5.75 Å². The molecule has 1 amide bonds. The summed E-state index contributed by atoms with van der Waals surface area (Å²) in [5, 5.41) is 0. The minimum atomic E-state index is -3.73. The molecule has 0 spiro atoms. The van der Waals surface area contributed by atoms with Gasteiger partial charge in [-0.15, -0.1) is 0 Å². The molecule has 0 bridgehead atoms. The number of nitrogens with one attached hydrogen (secondary N) is 1.